The van der Waals surface area contributed by atoms with Gasteiger partial charge in [0.25, 0.3) is 0 Å². The van der Waals surface area contributed by atoms with E-state index in [1.165, 1.54) is 43.4 Å². The molecule has 1 aliphatic rings. The first-order valence-electron chi connectivity index (χ1n) is 7.66. The van der Waals surface area contributed by atoms with Gasteiger partial charge in [-0.1, -0.05) is 39.0 Å². The number of aromatic carboxylic acids is 1. The van der Waals surface area contributed by atoms with E-state index < -0.39 is 5.97 Å². The molecular formula is C16H23NO3S. The fourth-order valence-corrected chi connectivity index (χ4v) is 3.75. The molecule has 1 aromatic heterocycles. The summed E-state index contributed by atoms with van der Waals surface area (Å²) in [5, 5.41) is 11.8. The quantitative estimate of drug-likeness (QED) is 0.842. The Labute approximate surface area is 129 Å². The molecule has 116 valence electrons. The van der Waals surface area contributed by atoms with E-state index in [4.69, 9.17) is 5.11 Å². The average Bonchev–Trinajstić information content (AvgIpc) is 2.95. The molecule has 0 aliphatic heterocycles. The number of hydrogen-bond donors (Lipinski definition) is 2. The second kappa shape index (κ2) is 7.59. The molecule has 1 saturated carbocycles. The van der Waals surface area contributed by atoms with E-state index in [0.29, 0.717) is 17.3 Å². The van der Waals surface area contributed by atoms with Crippen LogP contribution in [0.4, 0.5) is 0 Å². The van der Waals surface area contributed by atoms with Gasteiger partial charge in [-0.25, -0.2) is 4.79 Å². The van der Waals surface area contributed by atoms with Crippen LogP contribution in [0.15, 0.2) is 12.1 Å². The van der Waals surface area contributed by atoms with Crippen LogP contribution >= 0.6 is 11.3 Å². The van der Waals surface area contributed by atoms with E-state index in [1.807, 2.05) is 6.92 Å². The molecule has 0 bridgehead atoms. The zero-order chi connectivity index (χ0) is 15.2. The van der Waals surface area contributed by atoms with Crippen LogP contribution in [0.5, 0.6) is 0 Å². The van der Waals surface area contributed by atoms with E-state index in [-0.39, 0.29) is 11.8 Å². The van der Waals surface area contributed by atoms with Crippen LogP contribution in [-0.2, 0) is 11.3 Å². The van der Waals surface area contributed by atoms with Crippen LogP contribution in [0, 0.1) is 11.8 Å². The highest BCUT2D eigenvalue weighted by molar-refractivity contribution is 7.13. The molecule has 0 radical (unpaired) electrons. The van der Waals surface area contributed by atoms with Crippen molar-refractivity contribution in [3.63, 3.8) is 0 Å². The van der Waals surface area contributed by atoms with Crippen molar-refractivity contribution in [1.29, 1.82) is 0 Å². The van der Waals surface area contributed by atoms with Crippen LogP contribution in [0.3, 0.4) is 0 Å². The van der Waals surface area contributed by atoms with Gasteiger partial charge in [0.1, 0.15) is 4.88 Å². The number of hydrogen-bond acceptors (Lipinski definition) is 3. The Balaban J connectivity index is 1.76. The molecule has 4 nitrogen and oxygen atoms in total. The third kappa shape index (κ3) is 4.84. The summed E-state index contributed by atoms with van der Waals surface area (Å²) in [7, 11) is 0. The molecule has 1 aliphatic carbocycles. The molecule has 2 N–H and O–H groups in total. The molecule has 1 atom stereocenters. The summed E-state index contributed by atoms with van der Waals surface area (Å²) in [6.07, 6.45) is 7.41. The summed E-state index contributed by atoms with van der Waals surface area (Å²) in [5.74, 6) is -0.110. The van der Waals surface area contributed by atoms with Crippen LogP contribution < -0.4 is 5.32 Å². The second-order valence-electron chi connectivity index (χ2n) is 5.93. The van der Waals surface area contributed by atoms with Gasteiger partial charge in [0, 0.05) is 10.8 Å². The summed E-state index contributed by atoms with van der Waals surface area (Å²) < 4.78 is 0. The van der Waals surface area contributed by atoms with Crippen molar-refractivity contribution in [2.24, 2.45) is 11.8 Å². The SMILES string of the molecule is CC(CC1CCCCC1)C(=O)NCc1ccc(C(=O)O)s1. The Morgan fingerprint density at radius 3 is 2.67 bits per heavy atom. The molecule has 0 saturated heterocycles. The maximum absolute atomic E-state index is 12.1. The maximum atomic E-state index is 12.1. The standard InChI is InChI=1S/C16H23NO3S/c1-11(9-12-5-3-2-4-6-12)15(18)17-10-13-7-8-14(21-13)16(19)20/h7-8,11-12H,2-6,9-10H2,1H3,(H,17,18)(H,19,20). The first-order chi connectivity index (χ1) is 10.1. The van der Waals surface area contributed by atoms with Crippen LogP contribution in [0.2, 0.25) is 0 Å². The number of rotatable bonds is 6. The molecule has 21 heavy (non-hydrogen) atoms. The zero-order valence-corrected chi connectivity index (χ0v) is 13.2. The third-order valence-corrected chi connectivity index (χ3v) is 5.24. The average molecular weight is 309 g/mol. The predicted molar refractivity (Wildman–Crippen MR) is 83.5 cm³/mol. The van der Waals surface area contributed by atoms with Gasteiger partial charge in [-0.15, -0.1) is 11.3 Å². The number of carbonyl (C=O) groups excluding carboxylic acids is 1. The minimum Gasteiger partial charge on any atom is -0.477 e. The number of thiophene rings is 1. The van der Waals surface area contributed by atoms with Crippen molar-refractivity contribution in [3.05, 3.63) is 21.9 Å². The Hall–Kier alpha value is -1.36. The topological polar surface area (TPSA) is 66.4 Å². The van der Waals surface area contributed by atoms with Gasteiger partial charge >= 0.3 is 5.97 Å². The highest BCUT2D eigenvalue weighted by atomic mass is 32.1. The maximum Gasteiger partial charge on any atom is 0.345 e. The molecule has 0 aromatic carbocycles. The summed E-state index contributed by atoms with van der Waals surface area (Å²) in [6, 6.07) is 3.35. The van der Waals surface area contributed by atoms with E-state index in [2.05, 4.69) is 5.32 Å². The van der Waals surface area contributed by atoms with Crippen molar-refractivity contribution in [2.75, 3.05) is 0 Å². The summed E-state index contributed by atoms with van der Waals surface area (Å²) in [6.45, 7) is 2.41. The lowest BCUT2D eigenvalue weighted by Gasteiger charge is -2.24. The second-order valence-corrected chi connectivity index (χ2v) is 7.10. The first kappa shape index (κ1) is 16.0. The fourth-order valence-electron chi connectivity index (χ4n) is 2.97. The van der Waals surface area contributed by atoms with Gasteiger partial charge in [0.05, 0.1) is 6.54 Å². The monoisotopic (exact) mass is 309 g/mol. The largest absolute Gasteiger partial charge is 0.477 e. The normalized spacial score (nSPS) is 17.4. The zero-order valence-electron chi connectivity index (χ0n) is 12.4. The van der Waals surface area contributed by atoms with Gasteiger partial charge in [0.2, 0.25) is 5.91 Å². The Bertz CT molecular complexity index is 491. The molecule has 1 fully saturated rings. The van der Waals surface area contributed by atoms with Gasteiger partial charge < -0.3 is 10.4 Å². The Kier molecular flexibility index (Phi) is 5.79. The van der Waals surface area contributed by atoms with E-state index in [0.717, 1.165) is 11.3 Å². The minimum atomic E-state index is -0.914. The molecule has 1 unspecified atom stereocenters. The Morgan fingerprint density at radius 1 is 1.33 bits per heavy atom. The van der Waals surface area contributed by atoms with Gasteiger partial charge in [-0.2, -0.15) is 0 Å². The molecule has 0 spiro atoms. The lowest BCUT2D eigenvalue weighted by molar-refractivity contribution is -0.125. The third-order valence-electron chi connectivity index (χ3n) is 4.17. The van der Waals surface area contributed by atoms with E-state index >= 15 is 0 Å². The fraction of sp³-hybridized carbons (Fsp3) is 0.625. The lowest BCUT2D eigenvalue weighted by atomic mass is 9.83. The molecule has 1 amide bonds. The van der Waals surface area contributed by atoms with Crippen molar-refractivity contribution >= 4 is 23.2 Å². The van der Waals surface area contributed by atoms with Crippen molar-refractivity contribution in [1.82, 2.24) is 5.32 Å². The summed E-state index contributed by atoms with van der Waals surface area (Å²) in [5.41, 5.74) is 0. The lowest BCUT2D eigenvalue weighted by Crippen LogP contribution is -2.30. The van der Waals surface area contributed by atoms with Crippen molar-refractivity contribution < 1.29 is 14.7 Å². The van der Waals surface area contributed by atoms with Crippen LogP contribution in [0.1, 0.15) is 60.0 Å². The minimum absolute atomic E-state index is 0.0343. The number of carbonyl (C=O) groups is 2. The number of carboxylic acids is 1. The first-order valence-corrected chi connectivity index (χ1v) is 8.47. The number of nitrogens with one attached hydrogen (secondary N) is 1. The van der Waals surface area contributed by atoms with Crippen LogP contribution in [-0.4, -0.2) is 17.0 Å². The highest BCUT2D eigenvalue weighted by Crippen LogP contribution is 2.29. The summed E-state index contributed by atoms with van der Waals surface area (Å²) >= 11 is 1.22. The van der Waals surface area contributed by atoms with Gasteiger partial charge in [-0.3, -0.25) is 4.79 Å². The van der Waals surface area contributed by atoms with Gasteiger partial charge in [-0.05, 0) is 24.5 Å². The number of carboxylic acid groups (broad SMARTS) is 1. The van der Waals surface area contributed by atoms with E-state index in [1.54, 1.807) is 12.1 Å². The predicted octanol–water partition coefficient (Wildman–Crippen LogP) is 3.67. The molecule has 1 heterocycles. The Morgan fingerprint density at radius 2 is 2.05 bits per heavy atom. The van der Waals surface area contributed by atoms with Crippen molar-refractivity contribution in [3.8, 4) is 0 Å². The van der Waals surface area contributed by atoms with Gasteiger partial charge in [0.15, 0.2) is 0 Å². The molecule has 2 rings (SSSR count). The molecule has 1 aromatic rings. The summed E-state index contributed by atoms with van der Waals surface area (Å²) in [4.78, 5) is 24.1. The smallest absolute Gasteiger partial charge is 0.345 e. The van der Waals surface area contributed by atoms with Crippen LogP contribution in [0.25, 0.3) is 0 Å². The number of amides is 1. The molecule has 5 heteroatoms. The molecular weight excluding hydrogens is 286 g/mol. The highest BCUT2D eigenvalue weighted by Gasteiger charge is 2.20. The van der Waals surface area contributed by atoms with Crippen molar-refractivity contribution in [2.45, 2.75) is 52.0 Å². The van der Waals surface area contributed by atoms with E-state index in [9.17, 15) is 9.59 Å².